The third kappa shape index (κ3) is 4.28. The van der Waals surface area contributed by atoms with Crippen LogP contribution in [0.25, 0.3) is 11.1 Å². The number of pyridine rings is 1. The maximum atomic E-state index is 12.8. The number of nitrogens with zero attached hydrogens (tertiary/aromatic N) is 3. The van der Waals surface area contributed by atoms with Gasteiger partial charge in [-0.15, -0.1) is 11.3 Å². The van der Waals surface area contributed by atoms with Gasteiger partial charge in [-0.2, -0.15) is 0 Å². The molecule has 0 atom stereocenters. The van der Waals surface area contributed by atoms with E-state index in [1.165, 1.54) is 11.3 Å². The van der Waals surface area contributed by atoms with Crippen LogP contribution in [-0.2, 0) is 16.1 Å². The standard InChI is InChI=1S/C20H20ClN3O4S/c1-3-24(9-13-6-7-16(21)29-13)17(25)10-27-20(26)14-8-15(12-4-5-12)22-19-18(14)11(2)23-28-19/h6-8,12H,3-5,9-10H2,1-2H3. The van der Waals surface area contributed by atoms with Crippen molar-refractivity contribution in [1.82, 2.24) is 15.0 Å². The number of aromatic nitrogens is 2. The summed E-state index contributed by atoms with van der Waals surface area (Å²) in [4.78, 5) is 32.4. The van der Waals surface area contributed by atoms with E-state index in [2.05, 4.69) is 10.1 Å². The van der Waals surface area contributed by atoms with E-state index in [-0.39, 0.29) is 12.5 Å². The van der Waals surface area contributed by atoms with Crippen molar-refractivity contribution in [1.29, 1.82) is 0 Å². The Labute approximate surface area is 176 Å². The number of esters is 1. The molecule has 1 saturated carbocycles. The van der Waals surface area contributed by atoms with Crippen LogP contribution in [0, 0.1) is 6.92 Å². The highest BCUT2D eigenvalue weighted by atomic mass is 35.5. The highest BCUT2D eigenvalue weighted by Crippen LogP contribution is 2.40. The minimum Gasteiger partial charge on any atom is -0.452 e. The molecule has 1 aliphatic rings. The van der Waals surface area contributed by atoms with E-state index in [0.717, 1.165) is 23.4 Å². The molecule has 0 N–H and O–H groups in total. The Bertz CT molecular complexity index is 1070. The van der Waals surface area contributed by atoms with E-state index in [1.807, 2.05) is 13.0 Å². The number of hydrogen-bond acceptors (Lipinski definition) is 7. The molecule has 152 valence electrons. The predicted octanol–water partition coefficient (Wildman–Crippen LogP) is 4.33. The molecule has 4 rings (SSSR count). The van der Waals surface area contributed by atoms with Gasteiger partial charge in [0.1, 0.15) is 0 Å². The molecular formula is C20H20ClN3O4S. The third-order valence-electron chi connectivity index (χ3n) is 4.89. The molecule has 9 heteroatoms. The van der Waals surface area contributed by atoms with Crippen LogP contribution in [0.1, 0.15) is 52.3 Å². The van der Waals surface area contributed by atoms with Gasteiger partial charge in [0, 0.05) is 23.0 Å². The molecule has 1 fully saturated rings. The summed E-state index contributed by atoms with van der Waals surface area (Å²) in [5, 5.41) is 4.45. The van der Waals surface area contributed by atoms with Crippen LogP contribution in [0.15, 0.2) is 22.7 Å². The molecular weight excluding hydrogens is 414 g/mol. The van der Waals surface area contributed by atoms with Crippen molar-refractivity contribution >= 4 is 45.9 Å². The Balaban J connectivity index is 1.47. The van der Waals surface area contributed by atoms with Crippen molar-refractivity contribution in [2.45, 2.75) is 39.2 Å². The first-order valence-electron chi connectivity index (χ1n) is 9.42. The molecule has 7 nitrogen and oxygen atoms in total. The predicted molar refractivity (Wildman–Crippen MR) is 109 cm³/mol. The van der Waals surface area contributed by atoms with E-state index in [0.29, 0.717) is 45.7 Å². The van der Waals surface area contributed by atoms with Gasteiger partial charge in [-0.25, -0.2) is 9.78 Å². The maximum absolute atomic E-state index is 12.8. The Hall–Kier alpha value is -2.45. The summed E-state index contributed by atoms with van der Waals surface area (Å²) in [7, 11) is 0. The van der Waals surface area contributed by atoms with Gasteiger partial charge < -0.3 is 14.2 Å². The highest BCUT2D eigenvalue weighted by Gasteiger charge is 2.29. The van der Waals surface area contributed by atoms with E-state index in [4.69, 9.17) is 20.9 Å². The first-order chi connectivity index (χ1) is 14.0. The van der Waals surface area contributed by atoms with Crippen LogP contribution in [0.4, 0.5) is 0 Å². The Morgan fingerprint density at radius 1 is 1.38 bits per heavy atom. The molecule has 0 bridgehead atoms. The third-order valence-corrected chi connectivity index (χ3v) is 6.11. The Kier molecular flexibility index (Phi) is 5.56. The average molecular weight is 434 g/mol. The van der Waals surface area contributed by atoms with Crippen molar-refractivity contribution in [2.75, 3.05) is 13.2 Å². The van der Waals surface area contributed by atoms with Crippen LogP contribution in [0.3, 0.4) is 0 Å². The summed E-state index contributed by atoms with van der Waals surface area (Å²) >= 11 is 7.38. The largest absolute Gasteiger partial charge is 0.452 e. The normalized spacial score (nSPS) is 13.6. The number of thiophene rings is 1. The molecule has 3 aromatic heterocycles. The summed E-state index contributed by atoms with van der Waals surface area (Å²) in [6, 6.07) is 5.42. The van der Waals surface area contributed by atoms with E-state index in [9.17, 15) is 9.59 Å². The minimum atomic E-state index is -0.575. The van der Waals surface area contributed by atoms with Crippen molar-refractivity contribution in [2.24, 2.45) is 0 Å². The maximum Gasteiger partial charge on any atom is 0.339 e. The quantitative estimate of drug-likeness (QED) is 0.515. The smallest absolute Gasteiger partial charge is 0.339 e. The zero-order valence-electron chi connectivity index (χ0n) is 16.1. The summed E-state index contributed by atoms with van der Waals surface area (Å²) in [5.41, 5.74) is 2.04. The number of halogens is 1. The number of likely N-dealkylation sites (N-methyl/N-ethyl adjacent to an activating group) is 1. The fourth-order valence-corrected chi connectivity index (χ4v) is 4.26. The molecule has 1 aliphatic carbocycles. The van der Waals surface area contributed by atoms with E-state index in [1.54, 1.807) is 24.0 Å². The molecule has 3 aromatic rings. The van der Waals surface area contributed by atoms with Crippen LogP contribution in [-0.4, -0.2) is 40.1 Å². The molecule has 0 radical (unpaired) electrons. The van der Waals surface area contributed by atoms with Gasteiger partial charge in [-0.3, -0.25) is 4.79 Å². The highest BCUT2D eigenvalue weighted by molar-refractivity contribution is 7.16. The second-order valence-electron chi connectivity index (χ2n) is 7.01. The summed E-state index contributed by atoms with van der Waals surface area (Å²) in [6.45, 7) is 4.22. The number of fused-ring (bicyclic) bond motifs is 1. The summed E-state index contributed by atoms with van der Waals surface area (Å²) < 4.78 is 11.3. The van der Waals surface area contributed by atoms with Crippen molar-refractivity contribution in [3.63, 3.8) is 0 Å². The fourth-order valence-electron chi connectivity index (χ4n) is 3.16. The molecule has 29 heavy (non-hydrogen) atoms. The van der Waals surface area contributed by atoms with E-state index < -0.39 is 5.97 Å². The lowest BCUT2D eigenvalue weighted by molar-refractivity contribution is -0.134. The molecule has 0 aromatic carbocycles. The number of carbonyl (C=O) groups is 2. The SMILES string of the molecule is CCN(Cc1ccc(Cl)s1)C(=O)COC(=O)c1cc(C2CC2)nc2onc(C)c12. The Morgan fingerprint density at radius 3 is 2.83 bits per heavy atom. The van der Waals surface area contributed by atoms with Crippen LogP contribution >= 0.6 is 22.9 Å². The number of carbonyl (C=O) groups excluding carboxylic acids is 2. The topological polar surface area (TPSA) is 85.5 Å². The van der Waals surface area contributed by atoms with Crippen molar-refractivity contribution in [3.05, 3.63) is 44.4 Å². The zero-order chi connectivity index (χ0) is 20.5. The number of aryl methyl sites for hydroxylation is 1. The molecule has 0 unspecified atom stereocenters. The zero-order valence-corrected chi connectivity index (χ0v) is 17.7. The van der Waals surface area contributed by atoms with Gasteiger partial charge in [0.15, 0.2) is 6.61 Å². The minimum absolute atomic E-state index is 0.264. The van der Waals surface area contributed by atoms with E-state index >= 15 is 0 Å². The second kappa shape index (κ2) is 8.12. The summed E-state index contributed by atoms with van der Waals surface area (Å²) in [5.74, 6) is -0.500. The monoisotopic (exact) mass is 433 g/mol. The van der Waals surface area contributed by atoms with Gasteiger partial charge in [0.2, 0.25) is 0 Å². The lowest BCUT2D eigenvalue weighted by Gasteiger charge is -2.20. The van der Waals surface area contributed by atoms with Gasteiger partial charge in [-0.1, -0.05) is 16.8 Å². The van der Waals surface area contributed by atoms with Crippen LogP contribution in [0.2, 0.25) is 4.34 Å². The fraction of sp³-hybridized carbons (Fsp3) is 0.400. The number of ether oxygens (including phenoxy) is 1. The molecule has 0 spiro atoms. The molecule has 1 amide bonds. The average Bonchev–Trinajstić information content (AvgIpc) is 3.39. The van der Waals surface area contributed by atoms with Crippen molar-refractivity contribution in [3.8, 4) is 0 Å². The number of rotatable bonds is 7. The van der Waals surface area contributed by atoms with Gasteiger partial charge in [-0.05, 0) is 44.9 Å². The molecule has 3 heterocycles. The van der Waals surface area contributed by atoms with Gasteiger partial charge in [0.05, 0.1) is 27.5 Å². The first kappa shape index (κ1) is 19.8. The lowest BCUT2D eigenvalue weighted by Crippen LogP contribution is -2.33. The van der Waals surface area contributed by atoms with Gasteiger partial charge in [0.25, 0.3) is 11.6 Å². The number of hydrogen-bond donors (Lipinski definition) is 0. The molecule has 0 saturated heterocycles. The van der Waals surface area contributed by atoms with Crippen LogP contribution < -0.4 is 0 Å². The molecule has 0 aliphatic heterocycles. The first-order valence-corrected chi connectivity index (χ1v) is 10.6. The Morgan fingerprint density at radius 2 is 2.17 bits per heavy atom. The summed E-state index contributed by atoms with van der Waals surface area (Å²) in [6.07, 6.45) is 2.08. The van der Waals surface area contributed by atoms with Crippen molar-refractivity contribution < 1.29 is 18.8 Å². The van der Waals surface area contributed by atoms with Crippen LogP contribution in [0.5, 0.6) is 0 Å². The second-order valence-corrected chi connectivity index (χ2v) is 8.81. The number of amides is 1. The lowest BCUT2D eigenvalue weighted by atomic mass is 10.1. The van der Waals surface area contributed by atoms with Gasteiger partial charge >= 0.3 is 5.97 Å².